The first-order valence-corrected chi connectivity index (χ1v) is 41.4. The predicted octanol–water partition coefficient (Wildman–Crippen LogP) is 21.4. The summed E-state index contributed by atoms with van der Waals surface area (Å²) in [6.45, 7) is 11.9. The average Bonchev–Trinajstić information content (AvgIpc) is 1.67. The van der Waals surface area contributed by atoms with Gasteiger partial charge in [-0.25, -0.2) is 9.13 Å². The maximum atomic E-state index is 13.1. The number of carbonyl (C=O) groups is 4. The van der Waals surface area contributed by atoms with Crippen molar-refractivity contribution in [2.75, 3.05) is 39.6 Å². The van der Waals surface area contributed by atoms with Crippen molar-refractivity contribution in [3.63, 3.8) is 0 Å². The van der Waals surface area contributed by atoms with Crippen LogP contribution >= 0.6 is 15.6 Å². The highest BCUT2D eigenvalue weighted by atomic mass is 31.2. The van der Waals surface area contributed by atoms with E-state index in [1.807, 2.05) is 0 Å². The third kappa shape index (κ3) is 65.8. The molecule has 0 spiro atoms. The molecule has 0 bridgehead atoms. The van der Waals surface area contributed by atoms with Crippen LogP contribution in [0, 0.1) is 17.8 Å². The van der Waals surface area contributed by atoms with E-state index < -0.39 is 97.5 Å². The summed E-state index contributed by atoms with van der Waals surface area (Å²) in [6.07, 6.45) is 50.0. The smallest absolute Gasteiger partial charge is 0.462 e. The van der Waals surface area contributed by atoms with Crippen LogP contribution in [0.1, 0.15) is 376 Å². The largest absolute Gasteiger partial charge is 0.472 e. The van der Waals surface area contributed by atoms with Gasteiger partial charge in [0, 0.05) is 25.7 Å². The number of esters is 4. The fourth-order valence-corrected chi connectivity index (χ4v) is 12.8. The van der Waals surface area contributed by atoms with Gasteiger partial charge in [0.05, 0.1) is 26.4 Å². The van der Waals surface area contributed by atoms with Crippen molar-refractivity contribution in [1.82, 2.24) is 0 Å². The third-order valence-electron chi connectivity index (χ3n) is 17.9. The molecule has 4 unspecified atom stereocenters. The molecule has 19 heteroatoms. The van der Waals surface area contributed by atoms with E-state index in [1.54, 1.807) is 0 Å². The molecule has 0 aromatic rings. The number of aliphatic hydroxyl groups is 1. The van der Waals surface area contributed by atoms with Crippen LogP contribution in [-0.4, -0.2) is 96.7 Å². The Kier molecular flexibility index (Phi) is 63.4. The SMILES string of the molecule is CCCCCCCCCCC(=O)OC[C@H](COP(=O)(O)OC[C@H](O)COP(=O)(O)OC[C@@H](COC(=O)CCCCCCCCCCC(C)CC)OC(=O)CCCCCCCCCCCCCCCCCCCCC(C)C)OC(=O)CCCCCCCCCCC(C)CC. The van der Waals surface area contributed by atoms with Crippen molar-refractivity contribution in [2.24, 2.45) is 17.8 Å². The Bertz CT molecular complexity index is 1820. The maximum Gasteiger partial charge on any atom is 0.472 e. The summed E-state index contributed by atoms with van der Waals surface area (Å²) in [5.41, 5.74) is 0. The fraction of sp³-hybridized carbons (Fsp3) is 0.946. The molecule has 0 aromatic heterocycles. The molecular formula is C74H144O17P2. The summed E-state index contributed by atoms with van der Waals surface area (Å²) in [5, 5.41) is 10.6. The van der Waals surface area contributed by atoms with Gasteiger partial charge in [-0.3, -0.25) is 37.3 Å². The zero-order valence-corrected chi connectivity index (χ0v) is 62.5. The second kappa shape index (κ2) is 64.7. The molecule has 0 fully saturated rings. The summed E-state index contributed by atoms with van der Waals surface area (Å²) in [5.74, 6) is 0.242. The lowest BCUT2D eigenvalue weighted by molar-refractivity contribution is -0.161. The number of phosphoric ester groups is 2. The Hall–Kier alpha value is -1.94. The molecule has 0 saturated heterocycles. The molecule has 0 aliphatic carbocycles. The van der Waals surface area contributed by atoms with Gasteiger partial charge >= 0.3 is 39.5 Å². The van der Waals surface area contributed by atoms with Crippen LogP contribution in [0.5, 0.6) is 0 Å². The first-order chi connectivity index (χ1) is 44.8. The number of unbranched alkanes of at least 4 members (excludes halogenated alkanes) is 38. The number of hydrogen-bond acceptors (Lipinski definition) is 15. The lowest BCUT2D eigenvalue weighted by Gasteiger charge is -2.21. The van der Waals surface area contributed by atoms with E-state index >= 15 is 0 Å². The van der Waals surface area contributed by atoms with Gasteiger partial charge in [0.2, 0.25) is 0 Å². The molecular weight excluding hydrogens is 1220 g/mol. The van der Waals surface area contributed by atoms with E-state index in [9.17, 15) is 43.2 Å². The molecule has 93 heavy (non-hydrogen) atoms. The van der Waals surface area contributed by atoms with E-state index in [0.29, 0.717) is 25.7 Å². The molecule has 0 aliphatic heterocycles. The van der Waals surface area contributed by atoms with Gasteiger partial charge in [-0.15, -0.1) is 0 Å². The lowest BCUT2D eigenvalue weighted by Crippen LogP contribution is -2.30. The highest BCUT2D eigenvalue weighted by Crippen LogP contribution is 2.45. The number of phosphoric acid groups is 2. The van der Waals surface area contributed by atoms with Crippen LogP contribution in [-0.2, 0) is 65.4 Å². The lowest BCUT2D eigenvalue weighted by atomic mass is 9.99. The van der Waals surface area contributed by atoms with E-state index in [2.05, 4.69) is 48.5 Å². The monoisotopic (exact) mass is 1370 g/mol. The van der Waals surface area contributed by atoms with Crippen LogP contribution in [0.2, 0.25) is 0 Å². The highest BCUT2D eigenvalue weighted by Gasteiger charge is 2.30. The van der Waals surface area contributed by atoms with Crippen LogP contribution in [0.25, 0.3) is 0 Å². The highest BCUT2D eigenvalue weighted by molar-refractivity contribution is 7.47. The first-order valence-electron chi connectivity index (χ1n) is 38.4. The normalized spacial score (nSPS) is 14.7. The quantitative estimate of drug-likeness (QED) is 0.0222. The van der Waals surface area contributed by atoms with Gasteiger partial charge in [-0.05, 0) is 43.4 Å². The predicted molar refractivity (Wildman–Crippen MR) is 377 cm³/mol. The van der Waals surface area contributed by atoms with Gasteiger partial charge in [-0.1, -0.05) is 325 Å². The summed E-state index contributed by atoms with van der Waals surface area (Å²) in [4.78, 5) is 72.6. The Labute approximate surface area is 568 Å². The molecule has 0 heterocycles. The van der Waals surface area contributed by atoms with Crippen molar-refractivity contribution in [3.8, 4) is 0 Å². The number of carbonyl (C=O) groups excluding carboxylic acids is 4. The second-order valence-electron chi connectivity index (χ2n) is 27.6. The van der Waals surface area contributed by atoms with Crippen molar-refractivity contribution in [1.29, 1.82) is 0 Å². The topological polar surface area (TPSA) is 237 Å². The summed E-state index contributed by atoms with van der Waals surface area (Å²) in [6, 6.07) is 0. The third-order valence-corrected chi connectivity index (χ3v) is 19.8. The molecule has 0 aliphatic rings. The van der Waals surface area contributed by atoms with Gasteiger partial charge in [0.1, 0.15) is 19.3 Å². The van der Waals surface area contributed by atoms with Crippen molar-refractivity contribution in [2.45, 2.75) is 394 Å². The zero-order valence-electron chi connectivity index (χ0n) is 60.7. The Morgan fingerprint density at radius 2 is 0.548 bits per heavy atom. The van der Waals surface area contributed by atoms with Crippen LogP contribution in [0.15, 0.2) is 0 Å². The minimum Gasteiger partial charge on any atom is -0.462 e. The molecule has 0 saturated carbocycles. The molecule has 0 aromatic carbocycles. The maximum absolute atomic E-state index is 13.1. The molecule has 3 N–H and O–H groups in total. The van der Waals surface area contributed by atoms with Crippen LogP contribution in [0.3, 0.4) is 0 Å². The minimum atomic E-state index is -4.96. The van der Waals surface area contributed by atoms with E-state index in [4.69, 9.17) is 37.0 Å². The number of rotatable bonds is 72. The van der Waals surface area contributed by atoms with E-state index in [-0.39, 0.29) is 25.7 Å². The molecule has 552 valence electrons. The van der Waals surface area contributed by atoms with Gasteiger partial charge in [-0.2, -0.15) is 0 Å². The van der Waals surface area contributed by atoms with Crippen LogP contribution < -0.4 is 0 Å². The minimum absolute atomic E-state index is 0.105. The summed E-state index contributed by atoms with van der Waals surface area (Å²) in [7, 11) is -9.90. The van der Waals surface area contributed by atoms with Gasteiger partial charge in [0.15, 0.2) is 12.2 Å². The zero-order chi connectivity index (χ0) is 68.7. The van der Waals surface area contributed by atoms with Crippen molar-refractivity contribution < 1.29 is 80.2 Å². The Morgan fingerprint density at radius 1 is 0.312 bits per heavy atom. The molecule has 0 radical (unpaired) electrons. The van der Waals surface area contributed by atoms with Gasteiger partial charge < -0.3 is 33.8 Å². The van der Waals surface area contributed by atoms with Crippen molar-refractivity contribution >= 4 is 39.5 Å². The second-order valence-corrected chi connectivity index (χ2v) is 30.6. The number of aliphatic hydroxyl groups excluding tert-OH is 1. The fourth-order valence-electron chi connectivity index (χ4n) is 11.2. The van der Waals surface area contributed by atoms with Gasteiger partial charge in [0.25, 0.3) is 0 Å². The molecule has 17 nitrogen and oxygen atoms in total. The van der Waals surface area contributed by atoms with Crippen molar-refractivity contribution in [3.05, 3.63) is 0 Å². The van der Waals surface area contributed by atoms with E-state index in [0.717, 1.165) is 114 Å². The summed E-state index contributed by atoms with van der Waals surface area (Å²) >= 11 is 0. The Balaban J connectivity index is 5.18. The number of hydrogen-bond donors (Lipinski definition) is 3. The molecule has 0 rings (SSSR count). The van der Waals surface area contributed by atoms with Crippen LogP contribution in [0.4, 0.5) is 0 Å². The summed E-state index contributed by atoms with van der Waals surface area (Å²) < 4.78 is 68.3. The molecule has 0 amide bonds. The average molecular weight is 1370 g/mol. The van der Waals surface area contributed by atoms with E-state index in [1.165, 1.54) is 180 Å². The standard InChI is InChI=1S/C74H144O17P2/c1-8-11-12-13-14-34-41-48-55-71(76)84-61-69(91-74(79)58-51-44-37-30-28-33-40-47-54-67(7)10-3)63-88-92(80,81)86-59-68(75)60-87-93(82,83)89-64-70(62-85-72(77)56-49-42-35-29-27-32-39-46-53-66(6)9-2)90-73(78)57-50-43-36-26-24-22-20-18-16-15-17-19-21-23-25-31-38-45-52-65(4)5/h65-70,75H,8-64H2,1-7H3,(H,80,81)(H,82,83)/t66?,67?,68-,69+,70+/m0/s1. The first kappa shape index (κ1) is 91.1. The Morgan fingerprint density at radius 3 is 0.817 bits per heavy atom. The molecule has 7 atom stereocenters. The number of ether oxygens (including phenoxy) is 4.